The summed E-state index contributed by atoms with van der Waals surface area (Å²) in [6.45, 7) is 8.45. The highest BCUT2D eigenvalue weighted by atomic mass is 16.2. The molecule has 3 aromatic heterocycles. The zero-order valence-corrected chi connectivity index (χ0v) is 37.3. The lowest BCUT2D eigenvalue weighted by Gasteiger charge is -2.39. The maximum Gasteiger partial charge on any atom is 0.270 e. The van der Waals surface area contributed by atoms with E-state index in [2.05, 4.69) is 79.8 Å². The minimum absolute atomic E-state index is 0.0322. The highest BCUT2D eigenvalue weighted by Gasteiger charge is 2.46. The van der Waals surface area contributed by atoms with E-state index in [1.165, 1.54) is 11.8 Å². The van der Waals surface area contributed by atoms with Gasteiger partial charge in [0.1, 0.15) is 23.6 Å². The average Bonchev–Trinajstić information content (AvgIpc) is 3.87. The molecule has 4 aliphatic heterocycles. The molecule has 19 heteroatoms. The zero-order valence-electron chi connectivity index (χ0n) is 37.3. The summed E-state index contributed by atoms with van der Waals surface area (Å²) >= 11 is 0. The Kier molecular flexibility index (Phi) is 12.1. The van der Waals surface area contributed by atoms with Crippen LogP contribution in [0.15, 0.2) is 73.3 Å². The fourth-order valence-corrected chi connectivity index (χ4v) is 10.0. The highest BCUT2D eigenvalue weighted by molar-refractivity contribution is 6.25. The number of benzene rings is 2. The number of imidazole rings is 1. The van der Waals surface area contributed by atoms with Crippen molar-refractivity contribution in [2.75, 3.05) is 67.9 Å². The lowest BCUT2D eigenvalue weighted by molar-refractivity contribution is -0.136. The Labute approximate surface area is 386 Å². The number of nitrogens with zero attached hydrogens (tertiary/aromatic N) is 9. The van der Waals surface area contributed by atoms with Gasteiger partial charge in [0.05, 0.1) is 24.0 Å². The number of rotatable bonds is 13. The smallest absolute Gasteiger partial charge is 0.270 e. The lowest BCUT2D eigenvalue weighted by Crippen LogP contribution is -2.54. The quantitative estimate of drug-likeness (QED) is 0.125. The van der Waals surface area contributed by atoms with E-state index in [-0.39, 0.29) is 54.4 Å². The number of aromatic nitrogens is 5. The van der Waals surface area contributed by atoms with Crippen LogP contribution in [-0.4, -0.2) is 139 Å². The molecular weight excluding hydrogens is 855 g/mol. The second kappa shape index (κ2) is 18.5. The number of pyridine rings is 1. The molecule has 5 aliphatic rings. The van der Waals surface area contributed by atoms with E-state index in [1.54, 1.807) is 24.5 Å². The number of imide groups is 2. The fourth-order valence-electron chi connectivity index (χ4n) is 10.0. The van der Waals surface area contributed by atoms with Gasteiger partial charge in [-0.2, -0.15) is 0 Å². The van der Waals surface area contributed by atoms with Crippen molar-refractivity contribution in [2.45, 2.75) is 70.1 Å². The van der Waals surface area contributed by atoms with Crippen molar-refractivity contribution >= 4 is 63.8 Å². The number of carbonyl (C=O) groups is 6. The number of fused-ring (bicyclic) bond motifs is 2. The third-order valence-electron chi connectivity index (χ3n) is 13.8. The molecule has 2 aromatic carbocycles. The summed E-state index contributed by atoms with van der Waals surface area (Å²) in [5.74, 6) is -1.36. The second-order valence-corrected chi connectivity index (χ2v) is 18.2. The minimum Gasteiger partial charge on any atom is -0.375 e. The van der Waals surface area contributed by atoms with E-state index in [4.69, 9.17) is 0 Å². The van der Waals surface area contributed by atoms with Crippen molar-refractivity contribution in [3.05, 3.63) is 101 Å². The van der Waals surface area contributed by atoms with Crippen LogP contribution in [0.2, 0.25) is 0 Å². The number of piperidine rings is 2. The predicted molar refractivity (Wildman–Crippen MR) is 247 cm³/mol. The Bertz CT molecular complexity index is 2760. The van der Waals surface area contributed by atoms with Gasteiger partial charge in [0.2, 0.25) is 17.7 Å². The zero-order chi connectivity index (χ0) is 46.2. The van der Waals surface area contributed by atoms with E-state index >= 15 is 0 Å². The van der Waals surface area contributed by atoms with Crippen molar-refractivity contribution < 1.29 is 28.8 Å². The van der Waals surface area contributed by atoms with Crippen molar-refractivity contribution in [1.82, 2.24) is 49.8 Å². The second-order valence-electron chi connectivity index (χ2n) is 18.2. The molecule has 4 fully saturated rings. The van der Waals surface area contributed by atoms with E-state index in [1.807, 2.05) is 30.3 Å². The van der Waals surface area contributed by atoms with Crippen LogP contribution in [0.1, 0.15) is 87.0 Å². The van der Waals surface area contributed by atoms with Crippen molar-refractivity contribution in [1.29, 1.82) is 0 Å². The molecule has 0 radical (unpaired) electrons. The number of hydrogen-bond acceptors (Lipinski definition) is 14. The number of likely N-dealkylation sites (tertiary alicyclic amines) is 1. The summed E-state index contributed by atoms with van der Waals surface area (Å²) in [5.41, 5.74) is 5.71. The minimum atomic E-state index is -1.06. The van der Waals surface area contributed by atoms with Gasteiger partial charge >= 0.3 is 0 Å². The third-order valence-corrected chi connectivity index (χ3v) is 13.8. The normalized spacial score (nSPS) is 21.3. The topological polar surface area (TPSA) is 220 Å². The summed E-state index contributed by atoms with van der Waals surface area (Å²) in [6.07, 6.45) is 6.88. The molecule has 1 aliphatic carbocycles. The van der Waals surface area contributed by atoms with Gasteiger partial charge in [-0.05, 0) is 86.9 Å². The molecule has 19 nitrogen and oxygen atoms in total. The molecule has 6 amide bonds. The molecule has 1 saturated carbocycles. The van der Waals surface area contributed by atoms with Crippen LogP contribution in [0.4, 0.5) is 17.2 Å². The monoisotopic (exact) mass is 907 g/mol. The van der Waals surface area contributed by atoms with E-state index < -0.39 is 29.7 Å². The maximum atomic E-state index is 13.5. The van der Waals surface area contributed by atoms with Crippen molar-refractivity contribution in [2.24, 2.45) is 5.92 Å². The first-order chi connectivity index (χ1) is 32.6. The molecular formula is C48H53N13O6. The van der Waals surface area contributed by atoms with Gasteiger partial charge in [-0.3, -0.25) is 43.9 Å². The van der Waals surface area contributed by atoms with Gasteiger partial charge in [-0.15, -0.1) is 0 Å². The predicted octanol–water partition coefficient (Wildman–Crippen LogP) is 3.15. The molecule has 1 atom stereocenters. The van der Waals surface area contributed by atoms with E-state index in [0.717, 1.165) is 80.2 Å². The molecule has 0 spiro atoms. The Morgan fingerprint density at radius 1 is 0.836 bits per heavy atom. The van der Waals surface area contributed by atoms with Gasteiger partial charge in [0.15, 0.2) is 11.5 Å². The van der Waals surface area contributed by atoms with Gasteiger partial charge in [0, 0.05) is 87.9 Å². The SMILES string of the molecule is Cc1cccc(C(=O)NC2CC(n3cnc4c(NCc5cccc(N6CCN(CC7CCN(C(=O)CNc8cccc9c8C(=O)N([C@H]8CCC(=O)NC8=O)C9=O)CC7)CC6)c5)ncnc43)C2)n1. The van der Waals surface area contributed by atoms with Crippen LogP contribution in [0.3, 0.4) is 0 Å². The summed E-state index contributed by atoms with van der Waals surface area (Å²) in [6, 6.07) is 18.1. The Balaban J connectivity index is 0.657. The Hall–Kier alpha value is -7.28. The first-order valence-corrected chi connectivity index (χ1v) is 23.1. The van der Waals surface area contributed by atoms with E-state index in [9.17, 15) is 28.8 Å². The number of hydrogen-bond donors (Lipinski definition) is 4. The fraction of sp³-hybridized carbons (Fsp3) is 0.417. The average molecular weight is 908 g/mol. The standard InChI is InChI=1S/C48H53N13O6/c1-29-5-2-10-37(54-29)45(64)55-32-22-34(23-32)60-28-53-42-43(51-27-52-44(42)60)50-24-31-6-3-7-33(21-31)58-19-17-57(18-20-58)26-30-13-15-59(16-14-30)40(63)25-49-36-9-4-8-35-41(36)48(67)61(47(35)66)38-11-12-39(62)56-46(38)65/h2-10,21,27-28,30,32,34,38,49H,11-20,22-26H2,1H3,(H,55,64)(H,50,51,52)(H,56,62,65)/t32?,34?,38-/m0/s1. The first-order valence-electron chi connectivity index (χ1n) is 23.1. The number of carbonyl (C=O) groups excluding carboxylic acids is 6. The number of amides is 6. The molecule has 5 aromatic rings. The van der Waals surface area contributed by atoms with Gasteiger partial charge in [-0.25, -0.2) is 19.9 Å². The largest absolute Gasteiger partial charge is 0.375 e. The Morgan fingerprint density at radius 2 is 1.63 bits per heavy atom. The first kappa shape index (κ1) is 43.6. The summed E-state index contributed by atoms with van der Waals surface area (Å²) in [7, 11) is 0. The van der Waals surface area contributed by atoms with Crippen LogP contribution in [-0.2, 0) is 20.9 Å². The highest BCUT2D eigenvalue weighted by Crippen LogP contribution is 2.36. The van der Waals surface area contributed by atoms with Crippen LogP contribution in [0.25, 0.3) is 11.2 Å². The number of aryl methyl sites for hydroxylation is 1. The van der Waals surface area contributed by atoms with Gasteiger partial charge < -0.3 is 30.3 Å². The van der Waals surface area contributed by atoms with Crippen molar-refractivity contribution in [3.8, 4) is 0 Å². The van der Waals surface area contributed by atoms with Crippen LogP contribution < -0.4 is 26.2 Å². The summed E-state index contributed by atoms with van der Waals surface area (Å²) in [4.78, 5) is 103. The van der Waals surface area contributed by atoms with Crippen LogP contribution in [0.5, 0.6) is 0 Å². The van der Waals surface area contributed by atoms with Gasteiger partial charge in [0.25, 0.3) is 17.7 Å². The molecule has 4 N–H and O–H groups in total. The number of piperazine rings is 1. The lowest BCUT2D eigenvalue weighted by atomic mass is 9.86. The number of anilines is 3. The molecule has 0 bridgehead atoms. The summed E-state index contributed by atoms with van der Waals surface area (Å²) < 4.78 is 2.08. The molecule has 0 unspecified atom stereocenters. The van der Waals surface area contributed by atoms with Crippen LogP contribution >= 0.6 is 0 Å². The van der Waals surface area contributed by atoms with Crippen LogP contribution in [0, 0.1) is 12.8 Å². The molecule has 3 saturated heterocycles. The third kappa shape index (κ3) is 9.02. The molecule has 10 rings (SSSR count). The number of nitrogens with one attached hydrogen (secondary N) is 4. The molecule has 67 heavy (non-hydrogen) atoms. The van der Waals surface area contributed by atoms with E-state index in [0.29, 0.717) is 48.3 Å². The Morgan fingerprint density at radius 3 is 2.42 bits per heavy atom. The molecule has 346 valence electrons. The summed E-state index contributed by atoms with van der Waals surface area (Å²) in [5, 5.41) is 11.9. The van der Waals surface area contributed by atoms with Crippen molar-refractivity contribution in [3.63, 3.8) is 0 Å². The van der Waals surface area contributed by atoms with Gasteiger partial charge in [-0.1, -0.05) is 24.3 Å². The molecule has 7 heterocycles. The maximum absolute atomic E-state index is 13.5.